The molecular formula is C19H17N3O4. The van der Waals surface area contributed by atoms with Crippen molar-refractivity contribution >= 4 is 22.7 Å². The second kappa shape index (κ2) is 6.11. The van der Waals surface area contributed by atoms with Crippen LogP contribution in [0.5, 0.6) is 11.5 Å². The summed E-state index contributed by atoms with van der Waals surface area (Å²) >= 11 is 0. The van der Waals surface area contributed by atoms with Crippen molar-refractivity contribution in [2.75, 3.05) is 6.79 Å². The Hall–Kier alpha value is -3.48. The molecule has 1 aromatic heterocycles. The first kappa shape index (κ1) is 16.0. The quantitative estimate of drug-likeness (QED) is 0.619. The predicted octanol–water partition coefficient (Wildman–Crippen LogP) is 2.59. The highest BCUT2D eigenvalue weighted by molar-refractivity contribution is 6.01. The van der Waals surface area contributed by atoms with Crippen LogP contribution >= 0.6 is 0 Å². The van der Waals surface area contributed by atoms with Crippen LogP contribution in [0.1, 0.15) is 32.0 Å². The third-order valence-electron chi connectivity index (χ3n) is 4.49. The molecule has 0 fully saturated rings. The smallest absolute Gasteiger partial charge is 0.269 e. The third-order valence-corrected chi connectivity index (χ3v) is 4.49. The Kier molecular flexibility index (Phi) is 3.76. The Morgan fingerprint density at radius 1 is 0.923 bits per heavy atom. The number of nitrogens with one attached hydrogen (secondary N) is 3. The number of hydrogen-bond donors (Lipinski definition) is 3. The Bertz CT molecular complexity index is 1040. The molecule has 3 aromatic rings. The maximum absolute atomic E-state index is 12.3. The molecule has 0 spiro atoms. The molecule has 1 aliphatic rings. The van der Waals surface area contributed by atoms with Gasteiger partial charge in [-0.15, -0.1) is 0 Å². The molecule has 0 saturated carbocycles. The maximum Gasteiger partial charge on any atom is 0.269 e. The molecule has 7 heteroatoms. The fourth-order valence-electron chi connectivity index (χ4n) is 2.90. The molecular weight excluding hydrogens is 334 g/mol. The normalized spacial score (nSPS) is 12.2. The van der Waals surface area contributed by atoms with Crippen LogP contribution in [0.3, 0.4) is 0 Å². The number of H-pyrrole nitrogens is 1. The standard InChI is InChI=1S/C19H17N3O4/c1-10-11(2)20-15-5-3-12(7-14(10)15)18(23)21-22-19(24)13-4-6-16-17(8-13)26-9-25-16/h3-8,20H,9H2,1-2H3,(H,21,23)(H,22,24). The Balaban J connectivity index is 1.46. The van der Waals surface area contributed by atoms with Crippen molar-refractivity contribution in [1.29, 1.82) is 0 Å². The summed E-state index contributed by atoms with van der Waals surface area (Å²) in [4.78, 5) is 27.8. The Morgan fingerprint density at radius 2 is 1.58 bits per heavy atom. The van der Waals surface area contributed by atoms with Gasteiger partial charge in [0.05, 0.1) is 0 Å². The van der Waals surface area contributed by atoms with Gasteiger partial charge in [0.25, 0.3) is 11.8 Å². The van der Waals surface area contributed by atoms with E-state index in [9.17, 15) is 9.59 Å². The van der Waals surface area contributed by atoms with Crippen molar-refractivity contribution in [3.8, 4) is 11.5 Å². The highest BCUT2D eigenvalue weighted by Crippen LogP contribution is 2.32. The van der Waals surface area contributed by atoms with Gasteiger partial charge in [-0.2, -0.15) is 0 Å². The molecule has 132 valence electrons. The van der Waals surface area contributed by atoms with Crippen molar-refractivity contribution in [3.63, 3.8) is 0 Å². The molecule has 0 unspecified atom stereocenters. The van der Waals surface area contributed by atoms with Crippen LogP contribution in [0.4, 0.5) is 0 Å². The van der Waals surface area contributed by atoms with Gasteiger partial charge in [0.1, 0.15) is 0 Å². The van der Waals surface area contributed by atoms with E-state index in [0.29, 0.717) is 22.6 Å². The van der Waals surface area contributed by atoms with Crippen LogP contribution in [0, 0.1) is 13.8 Å². The largest absolute Gasteiger partial charge is 0.454 e. The van der Waals surface area contributed by atoms with Gasteiger partial charge in [-0.05, 0) is 55.8 Å². The van der Waals surface area contributed by atoms with Gasteiger partial charge in [-0.25, -0.2) is 0 Å². The van der Waals surface area contributed by atoms with Crippen molar-refractivity contribution in [2.45, 2.75) is 13.8 Å². The maximum atomic E-state index is 12.3. The van der Waals surface area contributed by atoms with E-state index >= 15 is 0 Å². The SMILES string of the molecule is Cc1[nH]c2ccc(C(=O)NNC(=O)c3ccc4c(c3)OCO4)cc2c1C. The van der Waals surface area contributed by atoms with Crippen molar-refractivity contribution in [1.82, 2.24) is 15.8 Å². The first-order valence-electron chi connectivity index (χ1n) is 8.12. The lowest BCUT2D eigenvalue weighted by molar-refractivity contribution is 0.0846. The molecule has 4 rings (SSSR count). The summed E-state index contributed by atoms with van der Waals surface area (Å²) in [5, 5.41) is 0.984. The number of aromatic nitrogens is 1. The fraction of sp³-hybridized carbons (Fsp3) is 0.158. The number of aromatic amines is 1. The number of aryl methyl sites for hydroxylation is 2. The summed E-state index contributed by atoms with van der Waals surface area (Å²) in [5.41, 5.74) is 8.81. The van der Waals surface area contributed by atoms with Crippen LogP contribution in [0.25, 0.3) is 10.9 Å². The van der Waals surface area contributed by atoms with Crippen LogP contribution in [0.15, 0.2) is 36.4 Å². The molecule has 2 heterocycles. The summed E-state index contributed by atoms with van der Waals surface area (Å²) in [6, 6.07) is 10.2. The van der Waals surface area contributed by atoms with Gasteiger partial charge >= 0.3 is 0 Å². The average molecular weight is 351 g/mol. The molecule has 0 aliphatic carbocycles. The van der Waals surface area contributed by atoms with Gasteiger partial charge in [0.2, 0.25) is 6.79 Å². The van der Waals surface area contributed by atoms with Crippen molar-refractivity contribution in [2.24, 2.45) is 0 Å². The first-order chi connectivity index (χ1) is 12.5. The lowest BCUT2D eigenvalue weighted by Gasteiger charge is -2.08. The van der Waals surface area contributed by atoms with E-state index in [1.807, 2.05) is 19.9 Å². The predicted molar refractivity (Wildman–Crippen MR) is 95.3 cm³/mol. The Labute approximate surface area is 149 Å². The highest BCUT2D eigenvalue weighted by atomic mass is 16.7. The summed E-state index contributed by atoms with van der Waals surface area (Å²) < 4.78 is 10.5. The van der Waals surface area contributed by atoms with E-state index in [-0.39, 0.29) is 12.7 Å². The molecule has 1 aliphatic heterocycles. The van der Waals surface area contributed by atoms with E-state index < -0.39 is 5.91 Å². The molecule has 7 nitrogen and oxygen atoms in total. The second-order valence-electron chi connectivity index (χ2n) is 6.11. The fourth-order valence-corrected chi connectivity index (χ4v) is 2.90. The number of carbonyl (C=O) groups is 2. The van der Waals surface area contributed by atoms with E-state index in [1.54, 1.807) is 30.3 Å². The third kappa shape index (κ3) is 2.73. The average Bonchev–Trinajstić information content (AvgIpc) is 3.23. The number of hydrazine groups is 1. The van der Waals surface area contributed by atoms with Gasteiger partial charge in [-0.3, -0.25) is 20.4 Å². The first-order valence-corrected chi connectivity index (χ1v) is 8.12. The minimum Gasteiger partial charge on any atom is -0.454 e. The van der Waals surface area contributed by atoms with Crippen LogP contribution in [0.2, 0.25) is 0 Å². The number of hydrogen-bond acceptors (Lipinski definition) is 4. The van der Waals surface area contributed by atoms with Gasteiger partial charge in [0, 0.05) is 27.7 Å². The minimum absolute atomic E-state index is 0.137. The lowest BCUT2D eigenvalue weighted by atomic mass is 10.1. The zero-order valence-corrected chi connectivity index (χ0v) is 14.3. The molecule has 0 saturated heterocycles. The molecule has 2 amide bonds. The van der Waals surface area contributed by atoms with E-state index in [4.69, 9.17) is 9.47 Å². The minimum atomic E-state index is -0.439. The van der Waals surface area contributed by atoms with E-state index in [0.717, 1.165) is 22.2 Å². The molecule has 26 heavy (non-hydrogen) atoms. The summed E-state index contributed by atoms with van der Waals surface area (Å²) in [5.74, 6) is 0.273. The summed E-state index contributed by atoms with van der Waals surface area (Å²) in [6.07, 6.45) is 0. The number of amides is 2. The van der Waals surface area contributed by atoms with Crippen LogP contribution < -0.4 is 20.3 Å². The molecule has 2 aromatic carbocycles. The van der Waals surface area contributed by atoms with Crippen LogP contribution in [-0.4, -0.2) is 23.6 Å². The number of carbonyl (C=O) groups excluding carboxylic acids is 2. The summed E-state index contributed by atoms with van der Waals surface area (Å²) in [6.45, 7) is 4.12. The molecule has 3 N–H and O–H groups in total. The number of ether oxygens (including phenoxy) is 2. The topological polar surface area (TPSA) is 92.5 Å². The number of fused-ring (bicyclic) bond motifs is 2. The van der Waals surface area contributed by atoms with Gasteiger partial charge in [0.15, 0.2) is 11.5 Å². The highest BCUT2D eigenvalue weighted by Gasteiger charge is 2.17. The molecule has 0 atom stereocenters. The summed E-state index contributed by atoms with van der Waals surface area (Å²) in [7, 11) is 0. The van der Waals surface area contributed by atoms with Gasteiger partial charge < -0.3 is 14.5 Å². The van der Waals surface area contributed by atoms with E-state index in [2.05, 4.69) is 15.8 Å². The molecule has 0 radical (unpaired) electrons. The van der Waals surface area contributed by atoms with Crippen LogP contribution in [-0.2, 0) is 0 Å². The van der Waals surface area contributed by atoms with Crippen molar-refractivity contribution < 1.29 is 19.1 Å². The lowest BCUT2D eigenvalue weighted by Crippen LogP contribution is -2.41. The van der Waals surface area contributed by atoms with Gasteiger partial charge in [-0.1, -0.05) is 0 Å². The van der Waals surface area contributed by atoms with E-state index in [1.165, 1.54) is 0 Å². The number of benzene rings is 2. The number of rotatable bonds is 2. The second-order valence-corrected chi connectivity index (χ2v) is 6.11. The molecule has 0 bridgehead atoms. The Morgan fingerprint density at radius 3 is 2.35 bits per heavy atom. The monoisotopic (exact) mass is 351 g/mol. The zero-order chi connectivity index (χ0) is 18.3. The van der Waals surface area contributed by atoms with Crippen molar-refractivity contribution in [3.05, 3.63) is 58.8 Å². The zero-order valence-electron chi connectivity index (χ0n) is 14.3.